The molecule has 0 N–H and O–H groups in total. The van der Waals surface area contributed by atoms with Gasteiger partial charge in [-0.15, -0.1) is 0 Å². The van der Waals surface area contributed by atoms with E-state index in [0.29, 0.717) is 0 Å². The highest BCUT2D eigenvalue weighted by atomic mass is 28.1. The summed E-state index contributed by atoms with van der Waals surface area (Å²) in [5, 5.41) is 0. The molecule has 0 heterocycles. The first-order chi connectivity index (χ1) is 15.6. The lowest BCUT2D eigenvalue weighted by Crippen LogP contribution is -2.68. The van der Waals surface area contributed by atoms with Gasteiger partial charge in [-0.25, -0.2) is 4.48 Å². The topological polar surface area (TPSA) is 27.7 Å². The van der Waals surface area contributed by atoms with Crippen molar-refractivity contribution < 1.29 is 18.7 Å². The molecule has 0 saturated carbocycles. The Balaban J connectivity index is 4.90. The summed E-state index contributed by atoms with van der Waals surface area (Å²) in [5.74, 6) is 0. The Morgan fingerprint density at radius 1 is 0.500 bits per heavy atom. The highest BCUT2D eigenvalue weighted by Gasteiger charge is 2.53. The van der Waals surface area contributed by atoms with Crippen LogP contribution >= 0.6 is 0 Å². The second kappa shape index (κ2) is 21.6. The molecule has 0 saturated heterocycles. The average Bonchev–Trinajstić information content (AvgIpc) is 2.82. The van der Waals surface area contributed by atoms with E-state index in [1.54, 1.807) is 21.3 Å². The Morgan fingerprint density at radius 3 is 1.12 bits per heavy atom. The van der Waals surface area contributed by atoms with Gasteiger partial charge >= 0.3 is 6.10 Å². The van der Waals surface area contributed by atoms with Crippen LogP contribution in [0, 0.1) is 0 Å². The summed E-state index contributed by atoms with van der Waals surface area (Å²) >= 11 is 0. The molecule has 194 valence electrons. The van der Waals surface area contributed by atoms with E-state index in [-0.39, 0.29) is 0 Å². The van der Waals surface area contributed by atoms with Crippen molar-refractivity contribution in [3.8, 4) is 0 Å². The van der Waals surface area contributed by atoms with Crippen molar-refractivity contribution in [1.82, 2.24) is 0 Å². The second-order valence-electron chi connectivity index (χ2n) is 9.76. The van der Waals surface area contributed by atoms with Crippen molar-refractivity contribution in [1.29, 1.82) is 0 Å². The molecule has 0 aromatic rings. The summed E-state index contributed by atoms with van der Waals surface area (Å²) < 4.78 is 18.7. The first kappa shape index (κ1) is 32.1. The predicted molar refractivity (Wildman–Crippen MR) is 143 cm³/mol. The molecule has 0 radical (unpaired) electrons. The molecule has 0 bridgehead atoms. The van der Waals surface area contributed by atoms with E-state index in [2.05, 4.69) is 13.8 Å². The molecule has 0 aromatic heterocycles. The minimum atomic E-state index is -0.973. The SMILES string of the molecule is CCCCCCCCCC[N+](CCC[SiH3])(CCCCCCCCCC)C(OC)(OC)OC. The van der Waals surface area contributed by atoms with Crippen molar-refractivity contribution in [2.45, 2.75) is 135 Å². The van der Waals surface area contributed by atoms with Gasteiger partial charge in [0.2, 0.25) is 0 Å². The number of hydrogen-bond donors (Lipinski definition) is 0. The Kier molecular flexibility index (Phi) is 21.6. The number of hydrogen-bond acceptors (Lipinski definition) is 3. The Hall–Kier alpha value is 0.0569. The number of quaternary nitrogens is 1. The van der Waals surface area contributed by atoms with Crippen molar-refractivity contribution in [2.75, 3.05) is 41.0 Å². The van der Waals surface area contributed by atoms with Crippen LogP contribution in [0.25, 0.3) is 0 Å². The number of methoxy groups -OCH3 is 3. The van der Waals surface area contributed by atoms with Crippen LogP contribution in [0.1, 0.15) is 123 Å². The van der Waals surface area contributed by atoms with Crippen molar-refractivity contribution in [3.05, 3.63) is 0 Å². The van der Waals surface area contributed by atoms with Gasteiger partial charge in [-0.1, -0.05) is 96.9 Å². The molecule has 0 rings (SSSR count). The number of rotatable bonds is 25. The second-order valence-corrected chi connectivity index (χ2v) is 10.8. The van der Waals surface area contributed by atoms with Crippen molar-refractivity contribution in [2.24, 2.45) is 0 Å². The standard InChI is InChI=1S/C27H60NO3Si/c1-6-8-10-12-14-16-18-20-23-28(25-22-26-32,27(29-3,30-4)31-5)24-21-19-17-15-13-11-9-7-2/h6-26H2,1-5,32H3/q+1. The molecule has 32 heavy (non-hydrogen) atoms. The summed E-state index contributed by atoms with van der Waals surface area (Å²) in [6.45, 7) is 7.84. The number of ether oxygens (including phenoxy) is 3. The maximum Gasteiger partial charge on any atom is 0.448 e. The quantitative estimate of drug-likeness (QED) is 0.0629. The van der Waals surface area contributed by atoms with E-state index in [0.717, 1.165) is 24.1 Å². The Bertz CT molecular complexity index is 363. The molecule has 0 amide bonds. The van der Waals surface area contributed by atoms with Crippen molar-refractivity contribution >= 4 is 10.2 Å². The number of nitrogens with zero attached hydrogens (tertiary/aromatic N) is 1. The fraction of sp³-hybridized carbons (Fsp3) is 1.00. The van der Waals surface area contributed by atoms with Gasteiger partial charge in [-0.2, -0.15) is 0 Å². The lowest BCUT2D eigenvalue weighted by atomic mass is 10.1. The monoisotopic (exact) mass is 474 g/mol. The van der Waals surface area contributed by atoms with E-state index in [1.165, 1.54) is 125 Å². The van der Waals surface area contributed by atoms with Crippen LogP contribution in [-0.4, -0.2) is 61.8 Å². The molecule has 5 heteroatoms. The molecule has 0 aliphatic rings. The lowest BCUT2D eigenvalue weighted by molar-refractivity contribution is -1.05. The highest BCUT2D eigenvalue weighted by molar-refractivity contribution is 6.08. The van der Waals surface area contributed by atoms with E-state index in [4.69, 9.17) is 14.2 Å². The van der Waals surface area contributed by atoms with Gasteiger partial charge in [0.15, 0.2) is 0 Å². The minimum absolute atomic E-state index is 0.796. The summed E-state index contributed by atoms with van der Waals surface area (Å²) in [4.78, 5) is 0. The largest absolute Gasteiger partial charge is 0.448 e. The third kappa shape index (κ3) is 12.5. The van der Waals surface area contributed by atoms with Crippen LogP contribution in [0.5, 0.6) is 0 Å². The van der Waals surface area contributed by atoms with Crippen LogP contribution < -0.4 is 0 Å². The van der Waals surface area contributed by atoms with E-state index < -0.39 is 6.10 Å². The predicted octanol–water partition coefficient (Wildman–Crippen LogP) is 6.81. The summed E-state index contributed by atoms with van der Waals surface area (Å²) in [5.41, 5.74) is 0. The minimum Gasteiger partial charge on any atom is -0.281 e. The molecule has 0 aromatic carbocycles. The van der Waals surface area contributed by atoms with Crippen LogP contribution in [-0.2, 0) is 14.2 Å². The van der Waals surface area contributed by atoms with Gasteiger partial charge in [-0.3, -0.25) is 14.2 Å². The molecule has 0 atom stereocenters. The van der Waals surface area contributed by atoms with E-state index in [9.17, 15) is 0 Å². The van der Waals surface area contributed by atoms with Gasteiger partial charge in [0, 0.05) is 31.6 Å². The zero-order valence-electron chi connectivity index (χ0n) is 23.0. The summed E-state index contributed by atoms with van der Waals surface area (Å²) in [7, 11) is 6.51. The smallest absolute Gasteiger partial charge is 0.281 e. The fourth-order valence-electron chi connectivity index (χ4n) is 5.13. The van der Waals surface area contributed by atoms with E-state index in [1.807, 2.05) is 0 Å². The molecule has 0 aliphatic carbocycles. The van der Waals surface area contributed by atoms with Crippen molar-refractivity contribution in [3.63, 3.8) is 0 Å². The number of unbranched alkanes of at least 4 members (excludes halogenated alkanes) is 14. The van der Waals surface area contributed by atoms with Gasteiger partial charge < -0.3 is 0 Å². The molecule has 0 fully saturated rings. The zero-order chi connectivity index (χ0) is 24.0. The maximum atomic E-state index is 5.98. The molecule has 0 spiro atoms. The van der Waals surface area contributed by atoms with E-state index >= 15 is 0 Å². The Labute approximate surface area is 205 Å². The fourth-order valence-corrected chi connectivity index (χ4v) is 5.45. The molecule has 0 aliphatic heterocycles. The first-order valence-electron chi connectivity index (χ1n) is 14.1. The Morgan fingerprint density at radius 2 is 0.812 bits per heavy atom. The van der Waals surface area contributed by atoms with Crippen LogP contribution in [0.4, 0.5) is 0 Å². The molecular formula is C27H60NO3Si+. The zero-order valence-corrected chi connectivity index (χ0v) is 25.0. The van der Waals surface area contributed by atoms with Gasteiger partial charge in [0.25, 0.3) is 0 Å². The molecule has 4 nitrogen and oxygen atoms in total. The van der Waals surface area contributed by atoms with Gasteiger partial charge in [0.05, 0.1) is 19.6 Å². The third-order valence-electron chi connectivity index (χ3n) is 7.17. The average molecular weight is 475 g/mol. The normalized spacial score (nSPS) is 12.7. The van der Waals surface area contributed by atoms with Gasteiger partial charge in [-0.05, 0) is 32.1 Å². The summed E-state index contributed by atoms with van der Waals surface area (Å²) in [6.07, 6.45) is 21.8. The van der Waals surface area contributed by atoms with Crippen LogP contribution in [0.2, 0.25) is 6.04 Å². The molecular weight excluding hydrogens is 414 g/mol. The highest BCUT2D eigenvalue weighted by Crippen LogP contribution is 2.32. The van der Waals surface area contributed by atoms with Crippen LogP contribution in [0.15, 0.2) is 0 Å². The third-order valence-corrected chi connectivity index (χ3v) is 7.88. The first-order valence-corrected chi connectivity index (χ1v) is 15.5. The van der Waals surface area contributed by atoms with Crippen LogP contribution in [0.3, 0.4) is 0 Å². The lowest BCUT2D eigenvalue weighted by Gasteiger charge is -2.48. The maximum absolute atomic E-state index is 5.98. The van der Waals surface area contributed by atoms with Gasteiger partial charge in [0.1, 0.15) is 0 Å². The molecule has 0 unspecified atom stereocenters. The summed E-state index contributed by atoms with van der Waals surface area (Å²) in [6, 6.07) is 1.32.